The van der Waals surface area contributed by atoms with E-state index in [1.54, 1.807) is 0 Å². The average molecular weight is 399 g/mol. The van der Waals surface area contributed by atoms with Crippen molar-refractivity contribution in [3.05, 3.63) is 69.2 Å². The van der Waals surface area contributed by atoms with Crippen LogP contribution in [-0.4, -0.2) is 12.6 Å². The van der Waals surface area contributed by atoms with Gasteiger partial charge in [-0.25, -0.2) is 4.79 Å². The molecular formula is C20H19BrN2O2. The average Bonchev–Trinajstić information content (AvgIpc) is 2.63. The Morgan fingerprint density at radius 1 is 1.20 bits per heavy atom. The molecule has 4 rings (SSSR count). The van der Waals surface area contributed by atoms with Crippen LogP contribution in [0.5, 0.6) is 5.75 Å². The van der Waals surface area contributed by atoms with E-state index in [0.717, 1.165) is 39.9 Å². The number of hydrogen-bond acceptors (Lipinski definition) is 2. The Bertz CT molecular complexity index is 876. The molecule has 0 spiro atoms. The largest absolute Gasteiger partial charge is 0.493 e. The lowest BCUT2D eigenvalue weighted by atomic mass is 9.83. The third-order valence-electron chi connectivity index (χ3n) is 4.72. The summed E-state index contributed by atoms with van der Waals surface area (Å²) in [6.45, 7) is 2.58. The highest BCUT2D eigenvalue weighted by Crippen LogP contribution is 2.40. The first-order valence-electron chi connectivity index (χ1n) is 8.48. The summed E-state index contributed by atoms with van der Waals surface area (Å²) < 4.78 is 6.50. The summed E-state index contributed by atoms with van der Waals surface area (Å²) in [5.41, 5.74) is 5.66. The lowest BCUT2D eigenvalue weighted by Gasteiger charge is -2.34. The lowest BCUT2D eigenvalue weighted by molar-refractivity contribution is 0.240. The summed E-state index contributed by atoms with van der Waals surface area (Å²) in [5.74, 6) is 0.815. The third-order valence-corrected chi connectivity index (χ3v) is 5.34. The Hall–Kier alpha value is -2.27. The van der Waals surface area contributed by atoms with E-state index < -0.39 is 0 Å². The van der Waals surface area contributed by atoms with Gasteiger partial charge >= 0.3 is 6.03 Å². The van der Waals surface area contributed by atoms with Gasteiger partial charge in [-0.3, -0.25) is 0 Å². The maximum Gasteiger partial charge on any atom is 0.319 e. The van der Waals surface area contributed by atoms with Crippen molar-refractivity contribution < 1.29 is 9.53 Å². The number of rotatable bonds is 3. The molecule has 1 heterocycles. The second-order valence-corrected chi connectivity index (χ2v) is 7.07. The van der Waals surface area contributed by atoms with Crippen molar-refractivity contribution in [3.63, 3.8) is 0 Å². The van der Waals surface area contributed by atoms with Gasteiger partial charge in [-0.1, -0.05) is 30.3 Å². The van der Waals surface area contributed by atoms with Gasteiger partial charge in [-0.2, -0.15) is 0 Å². The maximum absolute atomic E-state index is 12.3. The predicted molar refractivity (Wildman–Crippen MR) is 101 cm³/mol. The summed E-state index contributed by atoms with van der Waals surface area (Å²) in [5, 5.41) is 6.09. The van der Waals surface area contributed by atoms with Gasteiger partial charge in [0.2, 0.25) is 0 Å². The number of fused-ring (bicyclic) bond motifs is 2. The highest BCUT2D eigenvalue weighted by Gasteiger charge is 2.32. The van der Waals surface area contributed by atoms with E-state index in [0.29, 0.717) is 6.61 Å². The molecule has 0 saturated carbocycles. The van der Waals surface area contributed by atoms with Crippen molar-refractivity contribution in [1.29, 1.82) is 0 Å². The van der Waals surface area contributed by atoms with Crippen LogP contribution in [0.1, 0.15) is 36.1 Å². The number of carbonyl (C=O) groups is 1. The molecule has 2 aromatic rings. The summed E-state index contributed by atoms with van der Waals surface area (Å²) in [4.78, 5) is 12.3. The minimum absolute atomic E-state index is 0.121. The van der Waals surface area contributed by atoms with Crippen molar-refractivity contribution in [3.8, 4) is 5.75 Å². The van der Waals surface area contributed by atoms with Crippen molar-refractivity contribution in [2.24, 2.45) is 0 Å². The highest BCUT2D eigenvalue weighted by molar-refractivity contribution is 9.10. The zero-order valence-electron chi connectivity index (χ0n) is 13.9. The minimum Gasteiger partial charge on any atom is -0.493 e. The number of hydrogen-bond donors (Lipinski definition) is 2. The van der Waals surface area contributed by atoms with Crippen LogP contribution in [0, 0.1) is 0 Å². The molecule has 2 aliphatic rings. The van der Waals surface area contributed by atoms with Gasteiger partial charge in [-0.15, -0.1) is 0 Å². The summed E-state index contributed by atoms with van der Waals surface area (Å²) in [6, 6.07) is 14.0. The molecule has 128 valence electrons. The van der Waals surface area contributed by atoms with E-state index in [-0.39, 0.29) is 12.1 Å². The van der Waals surface area contributed by atoms with E-state index >= 15 is 0 Å². The monoisotopic (exact) mass is 398 g/mol. The maximum atomic E-state index is 12.3. The van der Waals surface area contributed by atoms with E-state index in [1.807, 2.05) is 37.3 Å². The number of benzene rings is 2. The van der Waals surface area contributed by atoms with E-state index in [9.17, 15) is 4.79 Å². The summed E-state index contributed by atoms with van der Waals surface area (Å²) >= 11 is 3.57. The Morgan fingerprint density at radius 3 is 2.84 bits per heavy atom. The quantitative estimate of drug-likeness (QED) is 0.795. The molecule has 0 unspecified atom stereocenters. The van der Waals surface area contributed by atoms with Crippen LogP contribution in [0.25, 0.3) is 5.70 Å². The van der Waals surface area contributed by atoms with Crippen LogP contribution in [0.4, 0.5) is 4.79 Å². The van der Waals surface area contributed by atoms with Crippen molar-refractivity contribution in [1.82, 2.24) is 10.6 Å². The summed E-state index contributed by atoms with van der Waals surface area (Å²) in [7, 11) is 0. The molecule has 2 N–H and O–H groups in total. The number of nitrogens with one attached hydrogen (secondary N) is 2. The molecule has 0 bridgehead atoms. The zero-order chi connectivity index (χ0) is 17.4. The molecule has 2 amide bonds. The number of carbonyl (C=O) groups excluding carboxylic acids is 1. The molecule has 4 nitrogen and oxygen atoms in total. The fourth-order valence-electron chi connectivity index (χ4n) is 3.61. The number of urea groups is 1. The van der Waals surface area contributed by atoms with Crippen LogP contribution >= 0.6 is 15.9 Å². The van der Waals surface area contributed by atoms with Gasteiger partial charge in [0.1, 0.15) is 5.75 Å². The van der Waals surface area contributed by atoms with Crippen LogP contribution in [0.3, 0.4) is 0 Å². The van der Waals surface area contributed by atoms with Crippen molar-refractivity contribution in [2.45, 2.75) is 25.8 Å². The molecule has 0 aromatic heterocycles. The molecule has 2 aromatic carbocycles. The lowest BCUT2D eigenvalue weighted by Crippen LogP contribution is -2.44. The number of halogens is 1. The fourth-order valence-corrected chi connectivity index (χ4v) is 4.12. The van der Waals surface area contributed by atoms with E-state index in [2.05, 4.69) is 38.7 Å². The van der Waals surface area contributed by atoms with Gasteiger partial charge in [0.05, 0.1) is 22.8 Å². The third kappa shape index (κ3) is 2.93. The molecule has 25 heavy (non-hydrogen) atoms. The number of ether oxygens (including phenoxy) is 1. The Kier molecular flexibility index (Phi) is 4.25. The fraction of sp³-hybridized carbons (Fsp3) is 0.250. The standard InChI is InChI=1S/C20H19BrN2O2/c1-2-25-17-10-8-13(11-16(17)21)18-15-9-7-12-5-3-4-6-14(12)19(15)23-20(24)22-18/h3-6,8,10-11,18H,2,7,9H2,1H3,(H2,22,23,24)/t18-/m1/s1. The molecule has 1 aliphatic carbocycles. The molecule has 1 atom stereocenters. The van der Waals surface area contributed by atoms with Gasteiger partial charge in [0.15, 0.2) is 0 Å². The van der Waals surface area contributed by atoms with Crippen molar-refractivity contribution in [2.75, 3.05) is 6.61 Å². The van der Waals surface area contributed by atoms with Crippen molar-refractivity contribution >= 4 is 27.7 Å². The second kappa shape index (κ2) is 6.56. The topological polar surface area (TPSA) is 50.4 Å². The minimum atomic E-state index is -0.162. The molecule has 5 heteroatoms. The predicted octanol–water partition coefficient (Wildman–Crippen LogP) is 4.56. The first-order valence-corrected chi connectivity index (χ1v) is 9.27. The molecular weight excluding hydrogens is 380 g/mol. The highest BCUT2D eigenvalue weighted by atomic mass is 79.9. The van der Waals surface area contributed by atoms with Gasteiger partial charge in [0.25, 0.3) is 0 Å². The Balaban J connectivity index is 1.78. The second-order valence-electron chi connectivity index (χ2n) is 6.21. The number of amides is 2. The van der Waals surface area contributed by atoms with Gasteiger partial charge in [-0.05, 0) is 64.5 Å². The number of aryl methyl sites for hydroxylation is 1. The first kappa shape index (κ1) is 16.2. The normalized spacial score (nSPS) is 18.8. The Labute approximate surface area is 155 Å². The van der Waals surface area contributed by atoms with E-state index in [1.165, 1.54) is 11.1 Å². The molecule has 0 saturated heterocycles. The van der Waals surface area contributed by atoms with Crippen LogP contribution < -0.4 is 15.4 Å². The smallest absolute Gasteiger partial charge is 0.319 e. The van der Waals surface area contributed by atoms with Crippen LogP contribution in [-0.2, 0) is 6.42 Å². The summed E-state index contributed by atoms with van der Waals surface area (Å²) in [6.07, 6.45) is 1.91. The Morgan fingerprint density at radius 2 is 2.04 bits per heavy atom. The first-order chi connectivity index (χ1) is 12.2. The molecule has 0 radical (unpaired) electrons. The molecule has 0 fully saturated rings. The van der Waals surface area contributed by atoms with E-state index in [4.69, 9.17) is 4.74 Å². The SMILES string of the molecule is CCOc1ccc([C@H]2NC(=O)NC3=C2CCc2ccccc23)cc1Br. The van der Waals surface area contributed by atoms with Gasteiger partial charge in [0, 0.05) is 5.56 Å². The van der Waals surface area contributed by atoms with Crippen LogP contribution in [0.2, 0.25) is 0 Å². The molecule has 1 aliphatic heterocycles. The zero-order valence-corrected chi connectivity index (χ0v) is 15.5. The van der Waals surface area contributed by atoms with Crippen LogP contribution in [0.15, 0.2) is 52.5 Å². The van der Waals surface area contributed by atoms with Gasteiger partial charge < -0.3 is 15.4 Å².